The number of carbonyl (C=O) groups excluding carboxylic acids is 2. The van der Waals surface area contributed by atoms with Gasteiger partial charge in [-0.15, -0.1) is 0 Å². The van der Waals surface area contributed by atoms with Crippen LogP contribution in [0, 0.1) is 13.8 Å². The van der Waals surface area contributed by atoms with E-state index in [2.05, 4.69) is 5.32 Å². The Morgan fingerprint density at radius 2 is 1.37 bits per heavy atom. The second-order valence-corrected chi connectivity index (χ2v) is 10.0. The molecule has 0 bridgehead atoms. The Bertz CT molecular complexity index is 1760. The van der Waals surface area contributed by atoms with Crippen LogP contribution in [0.15, 0.2) is 91.0 Å². The van der Waals surface area contributed by atoms with Crippen LogP contribution in [0.3, 0.4) is 0 Å². The van der Waals surface area contributed by atoms with Gasteiger partial charge in [0.15, 0.2) is 11.5 Å². The molecule has 5 aromatic rings. The van der Waals surface area contributed by atoms with Gasteiger partial charge in [0.1, 0.15) is 0 Å². The summed E-state index contributed by atoms with van der Waals surface area (Å²) in [6, 6.07) is 27.1. The normalized spacial score (nSPS) is 11.5. The van der Waals surface area contributed by atoms with Crippen LogP contribution in [-0.2, 0) is 9.53 Å². The number of hydrogen-bond donors (Lipinski definition) is 1. The summed E-state index contributed by atoms with van der Waals surface area (Å²) < 4.78 is 22.5. The van der Waals surface area contributed by atoms with E-state index in [1.807, 2.05) is 56.3 Å². The average molecular weight is 577 g/mol. The van der Waals surface area contributed by atoms with Crippen LogP contribution in [0.1, 0.15) is 33.2 Å². The first-order chi connectivity index (χ1) is 20.8. The van der Waals surface area contributed by atoms with Gasteiger partial charge >= 0.3 is 5.97 Å². The smallest absolute Gasteiger partial charge is 0.340 e. The molecule has 8 nitrogen and oxygen atoms in total. The van der Waals surface area contributed by atoms with Gasteiger partial charge in [-0.2, -0.15) is 0 Å². The zero-order valence-electron chi connectivity index (χ0n) is 24.6. The molecule has 0 saturated heterocycles. The van der Waals surface area contributed by atoms with Crippen molar-refractivity contribution in [1.29, 1.82) is 0 Å². The van der Waals surface area contributed by atoms with Gasteiger partial charge in [-0.05, 0) is 61.4 Å². The van der Waals surface area contributed by atoms with Crippen molar-refractivity contribution in [1.82, 2.24) is 4.98 Å². The number of para-hydroxylation sites is 1. The minimum Gasteiger partial charge on any atom is -0.493 e. The Balaban J connectivity index is 1.56. The predicted octanol–water partition coefficient (Wildman–Crippen LogP) is 7.08. The molecule has 0 radical (unpaired) electrons. The molecule has 1 amide bonds. The summed E-state index contributed by atoms with van der Waals surface area (Å²) in [5.74, 6) is 0.199. The third-order valence-corrected chi connectivity index (χ3v) is 6.95. The highest BCUT2D eigenvalue weighted by atomic mass is 16.5. The third kappa shape index (κ3) is 6.28. The zero-order valence-corrected chi connectivity index (χ0v) is 24.6. The molecule has 0 fully saturated rings. The number of aryl methyl sites for hydroxylation is 2. The predicted molar refractivity (Wildman–Crippen MR) is 166 cm³/mol. The Kier molecular flexibility index (Phi) is 8.57. The molecular formula is C35H32N2O6. The molecule has 1 atom stereocenters. The third-order valence-electron chi connectivity index (χ3n) is 6.95. The monoisotopic (exact) mass is 576 g/mol. The first kappa shape index (κ1) is 29.1. The number of aromatic nitrogens is 1. The van der Waals surface area contributed by atoms with Gasteiger partial charge in [-0.25, -0.2) is 9.78 Å². The van der Waals surface area contributed by atoms with Crippen molar-refractivity contribution in [2.24, 2.45) is 0 Å². The summed E-state index contributed by atoms with van der Waals surface area (Å²) in [6.07, 6.45) is -1.20. The van der Waals surface area contributed by atoms with Gasteiger partial charge in [0.2, 0.25) is 11.9 Å². The standard InChI is InChI=1S/C35H32N2O6/c1-21-15-22(2)17-25(16-21)36-34(38)32(23-11-7-6-8-12-23)43-35(39)27-20-29(37-28-14-10-9-13-26(27)28)24-18-30(40-3)33(42-5)31(19-24)41-4/h6-20,32H,1-5H3,(H,36,38). The lowest BCUT2D eigenvalue weighted by atomic mass is 10.0. The Morgan fingerprint density at radius 3 is 2.00 bits per heavy atom. The molecular weight excluding hydrogens is 544 g/mol. The van der Waals surface area contributed by atoms with Gasteiger partial charge in [0, 0.05) is 22.2 Å². The molecule has 218 valence electrons. The largest absolute Gasteiger partial charge is 0.493 e. The van der Waals surface area contributed by atoms with E-state index in [-0.39, 0.29) is 5.56 Å². The van der Waals surface area contributed by atoms with Crippen molar-refractivity contribution in [2.45, 2.75) is 20.0 Å². The SMILES string of the molecule is COc1cc(-c2cc(C(=O)OC(C(=O)Nc3cc(C)cc(C)c3)c3ccccc3)c3ccccc3n2)cc(OC)c1OC. The number of pyridine rings is 1. The van der Waals surface area contributed by atoms with Gasteiger partial charge < -0.3 is 24.3 Å². The number of anilines is 1. The molecule has 0 spiro atoms. The molecule has 1 unspecified atom stereocenters. The Morgan fingerprint density at radius 1 is 0.744 bits per heavy atom. The molecule has 0 aliphatic carbocycles. The summed E-state index contributed by atoms with van der Waals surface area (Å²) >= 11 is 0. The number of esters is 1. The van der Waals surface area contributed by atoms with Gasteiger partial charge in [0.25, 0.3) is 5.91 Å². The van der Waals surface area contributed by atoms with E-state index in [0.717, 1.165) is 11.1 Å². The second-order valence-electron chi connectivity index (χ2n) is 10.0. The summed E-state index contributed by atoms with van der Waals surface area (Å²) in [4.78, 5) is 32.4. The maximum atomic E-state index is 13.9. The molecule has 1 N–H and O–H groups in total. The lowest BCUT2D eigenvalue weighted by molar-refractivity contribution is -0.125. The topological polar surface area (TPSA) is 96.0 Å². The maximum absolute atomic E-state index is 13.9. The molecule has 8 heteroatoms. The van der Waals surface area contributed by atoms with Gasteiger partial charge in [-0.1, -0.05) is 54.6 Å². The molecule has 0 saturated carbocycles. The highest BCUT2D eigenvalue weighted by molar-refractivity contribution is 6.06. The number of ether oxygens (including phenoxy) is 4. The summed E-state index contributed by atoms with van der Waals surface area (Å²) in [5, 5.41) is 3.51. The van der Waals surface area contributed by atoms with Crippen LogP contribution < -0.4 is 19.5 Å². The highest BCUT2D eigenvalue weighted by Crippen LogP contribution is 2.41. The number of hydrogen-bond acceptors (Lipinski definition) is 7. The zero-order chi connectivity index (χ0) is 30.5. The van der Waals surface area contributed by atoms with Crippen LogP contribution in [0.5, 0.6) is 17.2 Å². The lowest BCUT2D eigenvalue weighted by Crippen LogP contribution is -2.26. The van der Waals surface area contributed by atoms with Crippen molar-refractivity contribution in [3.63, 3.8) is 0 Å². The first-order valence-electron chi connectivity index (χ1n) is 13.7. The quantitative estimate of drug-likeness (QED) is 0.187. The number of carbonyl (C=O) groups is 2. The van der Waals surface area contributed by atoms with Crippen LogP contribution in [0.25, 0.3) is 22.2 Å². The van der Waals surface area contributed by atoms with Crippen molar-refractivity contribution in [3.8, 4) is 28.5 Å². The molecule has 1 heterocycles. The fraction of sp³-hybridized carbons (Fsp3) is 0.171. The number of nitrogens with one attached hydrogen (secondary N) is 1. The minimum atomic E-state index is -1.20. The number of fused-ring (bicyclic) bond motifs is 1. The lowest BCUT2D eigenvalue weighted by Gasteiger charge is -2.19. The van der Waals surface area contributed by atoms with E-state index in [0.29, 0.717) is 50.7 Å². The second kappa shape index (κ2) is 12.7. The van der Waals surface area contributed by atoms with Gasteiger partial charge in [0.05, 0.1) is 38.1 Å². The molecule has 43 heavy (non-hydrogen) atoms. The van der Waals surface area contributed by atoms with Crippen molar-refractivity contribution in [2.75, 3.05) is 26.6 Å². The van der Waals surface area contributed by atoms with E-state index in [1.165, 1.54) is 21.3 Å². The minimum absolute atomic E-state index is 0.259. The van der Waals surface area contributed by atoms with E-state index in [1.54, 1.807) is 48.5 Å². The summed E-state index contributed by atoms with van der Waals surface area (Å²) in [5.41, 5.74) is 5.14. The van der Waals surface area contributed by atoms with E-state index in [4.69, 9.17) is 23.9 Å². The van der Waals surface area contributed by atoms with Crippen LogP contribution >= 0.6 is 0 Å². The van der Waals surface area contributed by atoms with Gasteiger partial charge in [-0.3, -0.25) is 4.79 Å². The fourth-order valence-corrected chi connectivity index (χ4v) is 5.05. The number of nitrogens with zero attached hydrogens (tertiary/aromatic N) is 1. The van der Waals surface area contributed by atoms with Crippen molar-refractivity contribution in [3.05, 3.63) is 113 Å². The summed E-state index contributed by atoms with van der Waals surface area (Å²) in [7, 11) is 4.59. The van der Waals surface area contributed by atoms with Crippen LogP contribution in [0.2, 0.25) is 0 Å². The number of amides is 1. The van der Waals surface area contributed by atoms with Crippen molar-refractivity contribution >= 4 is 28.5 Å². The average Bonchev–Trinajstić information content (AvgIpc) is 3.02. The fourth-order valence-electron chi connectivity index (χ4n) is 5.05. The van der Waals surface area contributed by atoms with E-state index < -0.39 is 18.0 Å². The number of rotatable bonds is 9. The molecule has 1 aromatic heterocycles. The first-order valence-corrected chi connectivity index (χ1v) is 13.7. The molecule has 0 aliphatic rings. The highest BCUT2D eigenvalue weighted by Gasteiger charge is 2.27. The Hall–Kier alpha value is -5.37. The number of benzene rings is 4. The van der Waals surface area contributed by atoms with E-state index >= 15 is 0 Å². The summed E-state index contributed by atoms with van der Waals surface area (Å²) in [6.45, 7) is 3.91. The maximum Gasteiger partial charge on any atom is 0.340 e. The van der Waals surface area contributed by atoms with Crippen molar-refractivity contribution < 1.29 is 28.5 Å². The molecule has 4 aromatic carbocycles. The van der Waals surface area contributed by atoms with E-state index in [9.17, 15) is 9.59 Å². The van der Waals surface area contributed by atoms with Crippen LogP contribution in [0.4, 0.5) is 5.69 Å². The molecule has 0 aliphatic heterocycles. The Labute approximate surface area is 250 Å². The van der Waals surface area contributed by atoms with Crippen LogP contribution in [-0.4, -0.2) is 38.2 Å². The number of methoxy groups -OCH3 is 3. The molecule has 5 rings (SSSR count).